The highest BCUT2D eigenvalue weighted by Gasteiger charge is 2.20. The maximum atomic E-state index is 5.60. The van der Waals surface area contributed by atoms with Gasteiger partial charge in [-0.25, -0.2) is 0 Å². The summed E-state index contributed by atoms with van der Waals surface area (Å²) in [6, 6.07) is 9.30. The summed E-state index contributed by atoms with van der Waals surface area (Å²) in [5, 5.41) is 3.52. The van der Waals surface area contributed by atoms with Crippen LogP contribution < -0.4 is 5.32 Å². The first-order valence-corrected chi connectivity index (χ1v) is 6.12. The summed E-state index contributed by atoms with van der Waals surface area (Å²) in [5.74, 6) is 0. The standard InChI is InChI=1S/C14H21NO/c1-11-5-7-12(8-6-11)14(16-2)10-13-4-3-9-15-13/h5-8,13-15H,3-4,9-10H2,1-2H3. The molecule has 0 aliphatic carbocycles. The molecule has 2 nitrogen and oxygen atoms in total. The lowest BCUT2D eigenvalue weighted by atomic mass is 10.00. The minimum absolute atomic E-state index is 0.233. The van der Waals surface area contributed by atoms with Crippen molar-refractivity contribution in [2.45, 2.75) is 38.3 Å². The van der Waals surface area contributed by atoms with E-state index in [2.05, 4.69) is 36.5 Å². The van der Waals surface area contributed by atoms with E-state index in [0.29, 0.717) is 6.04 Å². The van der Waals surface area contributed by atoms with Crippen LogP contribution >= 0.6 is 0 Å². The Bertz CT molecular complexity index is 314. The third kappa shape index (κ3) is 2.83. The van der Waals surface area contributed by atoms with Crippen LogP contribution in [0.1, 0.15) is 36.5 Å². The van der Waals surface area contributed by atoms with Crippen molar-refractivity contribution < 1.29 is 4.74 Å². The Morgan fingerprint density at radius 1 is 1.38 bits per heavy atom. The molecule has 1 fully saturated rings. The molecular weight excluding hydrogens is 198 g/mol. The van der Waals surface area contributed by atoms with Gasteiger partial charge in [-0.3, -0.25) is 0 Å². The van der Waals surface area contributed by atoms with E-state index in [0.717, 1.165) is 13.0 Å². The Kier molecular flexibility index (Phi) is 3.97. The second-order valence-corrected chi connectivity index (χ2v) is 4.66. The molecule has 2 unspecified atom stereocenters. The van der Waals surface area contributed by atoms with E-state index in [1.165, 1.54) is 24.0 Å². The Hall–Kier alpha value is -0.860. The fourth-order valence-corrected chi connectivity index (χ4v) is 2.37. The number of rotatable bonds is 4. The number of hydrogen-bond acceptors (Lipinski definition) is 2. The zero-order chi connectivity index (χ0) is 11.4. The smallest absolute Gasteiger partial charge is 0.0836 e. The van der Waals surface area contributed by atoms with Crippen molar-refractivity contribution in [2.75, 3.05) is 13.7 Å². The van der Waals surface area contributed by atoms with Crippen LogP contribution in [-0.4, -0.2) is 19.7 Å². The highest BCUT2D eigenvalue weighted by Crippen LogP contribution is 2.25. The van der Waals surface area contributed by atoms with E-state index in [-0.39, 0.29) is 6.10 Å². The van der Waals surface area contributed by atoms with Crippen molar-refractivity contribution in [3.8, 4) is 0 Å². The average Bonchev–Trinajstić information content (AvgIpc) is 2.80. The van der Waals surface area contributed by atoms with Gasteiger partial charge in [0.05, 0.1) is 6.10 Å². The van der Waals surface area contributed by atoms with Gasteiger partial charge in [-0.2, -0.15) is 0 Å². The first-order chi connectivity index (χ1) is 7.79. The maximum absolute atomic E-state index is 5.60. The molecule has 0 aromatic heterocycles. The van der Waals surface area contributed by atoms with Crippen LogP contribution in [-0.2, 0) is 4.74 Å². The summed E-state index contributed by atoms with van der Waals surface area (Å²) in [6.07, 6.45) is 3.90. The summed E-state index contributed by atoms with van der Waals surface area (Å²) >= 11 is 0. The second-order valence-electron chi connectivity index (χ2n) is 4.66. The van der Waals surface area contributed by atoms with Crippen LogP contribution in [0, 0.1) is 6.92 Å². The number of hydrogen-bond donors (Lipinski definition) is 1. The molecular formula is C14H21NO. The van der Waals surface area contributed by atoms with Gasteiger partial charge >= 0.3 is 0 Å². The first-order valence-electron chi connectivity index (χ1n) is 6.12. The molecule has 1 aromatic rings. The van der Waals surface area contributed by atoms with E-state index in [4.69, 9.17) is 4.74 Å². The lowest BCUT2D eigenvalue weighted by Crippen LogP contribution is -2.24. The van der Waals surface area contributed by atoms with Gasteiger partial charge in [-0.05, 0) is 38.3 Å². The van der Waals surface area contributed by atoms with Crippen molar-refractivity contribution in [1.82, 2.24) is 5.32 Å². The molecule has 0 amide bonds. The van der Waals surface area contributed by atoms with E-state index in [9.17, 15) is 0 Å². The Labute approximate surface area is 98.0 Å². The van der Waals surface area contributed by atoms with Crippen molar-refractivity contribution in [3.63, 3.8) is 0 Å². The fourth-order valence-electron chi connectivity index (χ4n) is 2.37. The number of ether oxygens (including phenoxy) is 1. The van der Waals surface area contributed by atoms with Crippen molar-refractivity contribution in [2.24, 2.45) is 0 Å². The Morgan fingerprint density at radius 2 is 2.12 bits per heavy atom. The normalized spacial score (nSPS) is 22.2. The molecule has 0 saturated carbocycles. The van der Waals surface area contributed by atoms with Crippen LogP contribution in [0.5, 0.6) is 0 Å². The summed E-state index contributed by atoms with van der Waals surface area (Å²) in [7, 11) is 1.81. The molecule has 1 aromatic carbocycles. The molecule has 1 aliphatic rings. The van der Waals surface area contributed by atoms with E-state index in [1.807, 2.05) is 0 Å². The van der Waals surface area contributed by atoms with E-state index < -0.39 is 0 Å². The zero-order valence-electron chi connectivity index (χ0n) is 10.2. The number of methoxy groups -OCH3 is 1. The monoisotopic (exact) mass is 219 g/mol. The minimum Gasteiger partial charge on any atom is -0.377 e. The second kappa shape index (κ2) is 5.46. The quantitative estimate of drug-likeness (QED) is 0.840. The van der Waals surface area contributed by atoms with Gasteiger partial charge in [0.2, 0.25) is 0 Å². The summed E-state index contributed by atoms with van der Waals surface area (Å²) < 4.78 is 5.60. The molecule has 88 valence electrons. The zero-order valence-corrected chi connectivity index (χ0v) is 10.2. The number of benzene rings is 1. The summed E-state index contributed by atoms with van der Waals surface area (Å²) in [6.45, 7) is 3.28. The lowest BCUT2D eigenvalue weighted by Gasteiger charge is -2.20. The predicted octanol–water partition coefficient (Wildman–Crippen LogP) is 2.82. The van der Waals surface area contributed by atoms with E-state index >= 15 is 0 Å². The largest absolute Gasteiger partial charge is 0.377 e. The Balaban J connectivity index is 2.00. The van der Waals surface area contributed by atoms with Crippen LogP contribution in [0.25, 0.3) is 0 Å². The van der Waals surface area contributed by atoms with Crippen LogP contribution in [0.2, 0.25) is 0 Å². The average molecular weight is 219 g/mol. The summed E-state index contributed by atoms with van der Waals surface area (Å²) in [4.78, 5) is 0. The van der Waals surface area contributed by atoms with Crippen LogP contribution in [0.4, 0.5) is 0 Å². The van der Waals surface area contributed by atoms with Gasteiger partial charge in [0.15, 0.2) is 0 Å². The van der Waals surface area contributed by atoms with Gasteiger partial charge in [0.1, 0.15) is 0 Å². The lowest BCUT2D eigenvalue weighted by molar-refractivity contribution is 0.0874. The molecule has 1 saturated heterocycles. The highest BCUT2D eigenvalue weighted by atomic mass is 16.5. The molecule has 0 bridgehead atoms. The van der Waals surface area contributed by atoms with Gasteiger partial charge < -0.3 is 10.1 Å². The van der Waals surface area contributed by atoms with Gasteiger partial charge in [0, 0.05) is 13.2 Å². The molecule has 1 aliphatic heterocycles. The molecule has 2 atom stereocenters. The van der Waals surface area contributed by atoms with Crippen LogP contribution in [0.15, 0.2) is 24.3 Å². The molecule has 2 rings (SSSR count). The minimum atomic E-state index is 0.233. The van der Waals surface area contributed by atoms with Crippen molar-refractivity contribution >= 4 is 0 Å². The van der Waals surface area contributed by atoms with Crippen molar-refractivity contribution in [3.05, 3.63) is 35.4 Å². The third-order valence-corrected chi connectivity index (χ3v) is 3.39. The highest BCUT2D eigenvalue weighted by molar-refractivity contribution is 5.23. The number of aryl methyl sites for hydroxylation is 1. The molecule has 1 N–H and O–H groups in total. The number of nitrogens with one attached hydrogen (secondary N) is 1. The van der Waals surface area contributed by atoms with Gasteiger partial charge in [-0.15, -0.1) is 0 Å². The van der Waals surface area contributed by atoms with Crippen molar-refractivity contribution in [1.29, 1.82) is 0 Å². The molecule has 0 spiro atoms. The molecule has 0 radical (unpaired) electrons. The van der Waals surface area contributed by atoms with Gasteiger partial charge in [-0.1, -0.05) is 29.8 Å². The topological polar surface area (TPSA) is 21.3 Å². The first kappa shape index (κ1) is 11.6. The van der Waals surface area contributed by atoms with E-state index in [1.54, 1.807) is 7.11 Å². The fraction of sp³-hybridized carbons (Fsp3) is 0.571. The van der Waals surface area contributed by atoms with Crippen LogP contribution in [0.3, 0.4) is 0 Å². The molecule has 2 heteroatoms. The maximum Gasteiger partial charge on any atom is 0.0836 e. The molecule has 16 heavy (non-hydrogen) atoms. The SMILES string of the molecule is COC(CC1CCCN1)c1ccc(C)cc1. The van der Waals surface area contributed by atoms with Gasteiger partial charge in [0.25, 0.3) is 0 Å². The molecule has 1 heterocycles. The Morgan fingerprint density at radius 3 is 2.69 bits per heavy atom. The summed E-state index contributed by atoms with van der Waals surface area (Å²) in [5.41, 5.74) is 2.60. The predicted molar refractivity (Wildman–Crippen MR) is 66.6 cm³/mol. The third-order valence-electron chi connectivity index (χ3n) is 3.39.